The van der Waals surface area contributed by atoms with Crippen molar-refractivity contribution in [1.82, 2.24) is 20.4 Å². The van der Waals surface area contributed by atoms with Gasteiger partial charge in [-0.1, -0.05) is 18.2 Å². The van der Waals surface area contributed by atoms with Gasteiger partial charge in [0.05, 0.1) is 6.04 Å². The Balaban J connectivity index is 1.45. The third-order valence-electron chi connectivity index (χ3n) is 6.63. The fraction of sp³-hybridized carbons (Fsp3) is 0.524. The van der Waals surface area contributed by atoms with Crippen molar-refractivity contribution < 1.29 is 19.2 Å². The van der Waals surface area contributed by atoms with Crippen molar-refractivity contribution in [3.63, 3.8) is 0 Å². The molecule has 0 radical (unpaired) electrons. The number of benzene rings is 1. The molecule has 8 nitrogen and oxygen atoms in total. The predicted molar refractivity (Wildman–Crippen MR) is 103 cm³/mol. The second kappa shape index (κ2) is 7.12. The lowest BCUT2D eigenvalue weighted by molar-refractivity contribution is -0.141. The molecule has 2 bridgehead atoms. The highest BCUT2D eigenvalue weighted by Gasteiger charge is 2.44. The Morgan fingerprint density at radius 3 is 2.66 bits per heavy atom. The number of carbonyl (C=O) groups is 4. The molecule has 4 atom stereocenters. The number of Topliss-reactive ketones (excluding diaryl/α,β-unsaturated/α-hetero) is 1. The number of ketones is 1. The van der Waals surface area contributed by atoms with Crippen LogP contribution in [0, 0.1) is 0 Å². The fourth-order valence-electron chi connectivity index (χ4n) is 5.38. The predicted octanol–water partition coefficient (Wildman–Crippen LogP) is -0.337. The highest BCUT2D eigenvalue weighted by atomic mass is 16.2. The summed E-state index contributed by atoms with van der Waals surface area (Å²) in [5, 5.41) is 5.89. The van der Waals surface area contributed by atoms with Crippen molar-refractivity contribution >= 4 is 23.9 Å². The average Bonchev–Trinajstić information content (AvgIpc) is 3.07. The van der Waals surface area contributed by atoms with Crippen LogP contribution in [0.4, 0.5) is 0 Å². The van der Waals surface area contributed by atoms with Gasteiger partial charge in [-0.15, -0.1) is 0 Å². The molecule has 0 spiro atoms. The van der Waals surface area contributed by atoms with E-state index in [1.807, 2.05) is 18.2 Å². The summed E-state index contributed by atoms with van der Waals surface area (Å²) < 4.78 is 0. The molecule has 2 amide bonds. The van der Waals surface area contributed by atoms with Gasteiger partial charge in [-0.2, -0.15) is 0 Å². The first-order chi connectivity index (χ1) is 14.0. The number of piperazine rings is 1. The minimum absolute atomic E-state index is 0.238. The summed E-state index contributed by atoms with van der Waals surface area (Å²) in [7, 11) is 0. The molecule has 1 aromatic rings. The number of imide groups is 1. The van der Waals surface area contributed by atoms with E-state index < -0.39 is 17.9 Å². The normalized spacial score (nSPS) is 31.7. The van der Waals surface area contributed by atoms with Crippen LogP contribution in [-0.4, -0.2) is 64.9 Å². The van der Waals surface area contributed by atoms with E-state index in [9.17, 15) is 19.2 Å². The van der Waals surface area contributed by atoms with E-state index in [0.717, 1.165) is 36.3 Å². The number of hydrogen-bond acceptors (Lipinski definition) is 7. The summed E-state index contributed by atoms with van der Waals surface area (Å²) in [6.45, 7) is 3.10. The maximum Gasteiger partial charge on any atom is 0.243 e. The van der Waals surface area contributed by atoms with Gasteiger partial charge in [0.15, 0.2) is 6.29 Å². The molecule has 0 aliphatic carbocycles. The quantitative estimate of drug-likeness (QED) is 0.399. The maximum atomic E-state index is 12.7. The number of piperidine rings is 2. The van der Waals surface area contributed by atoms with Gasteiger partial charge in [0.25, 0.3) is 0 Å². The zero-order valence-electron chi connectivity index (χ0n) is 16.1. The van der Waals surface area contributed by atoms with Crippen LogP contribution in [0.25, 0.3) is 0 Å². The number of rotatable bonds is 5. The van der Waals surface area contributed by atoms with E-state index in [1.54, 1.807) is 4.90 Å². The van der Waals surface area contributed by atoms with Crippen LogP contribution in [0.2, 0.25) is 0 Å². The lowest BCUT2D eigenvalue weighted by Crippen LogP contribution is -2.66. The summed E-state index contributed by atoms with van der Waals surface area (Å²) in [6.07, 6.45) is 2.17. The van der Waals surface area contributed by atoms with E-state index >= 15 is 0 Å². The van der Waals surface area contributed by atoms with Crippen molar-refractivity contribution in [1.29, 1.82) is 0 Å². The third-order valence-corrected chi connectivity index (χ3v) is 6.63. The fourth-order valence-corrected chi connectivity index (χ4v) is 5.38. The Morgan fingerprint density at radius 2 is 1.97 bits per heavy atom. The second-order valence-corrected chi connectivity index (χ2v) is 8.54. The zero-order chi connectivity index (χ0) is 20.1. The van der Waals surface area contributed by atoms with Crippen molar-refractivity contribution in [2.24, 2.45) is 0 Å². The summed E-state index contributed by atoms with van der Waals surface area (Å²) in [5.41, 5.74) is 2.88. The number of hydrogen-bond donors (Lipinski definition) is 2. The Kier molecular flexibility index (Phi) is 4.57. The highest BCUT2D eigenvalue weighted by Crippen LogP contribution is 2.40. The average molecular weight is 396 g/mol. The minimum atomic E-state index is -0.764. The first kappa shape index (κ1) is 18.6. The molecule has 4 saturated heterocycles. The molecule has 4 unspecified atom stereocenters. The topological polar surface area (TPSA) is 98.8 Å². The SMILES string of the molecule is O=CC(=O)C1c2c(CN3CC4CC(C3)N4)cccc2CN1C1CCC(=O)NC1=O. The van der Waals surface area contributed by atoms with E-state index in [4.69, 9.17) is 0 Å². The molecule has 152 valence electrons. The molecule has 5 heterocycles. The van der Waals surface area contributed by atoms with E-state index in [2.05, 4.69) is 15.5 Å². The van der Waals surface area contributed by atoms with E-state index in [1.165, 1.54) is 6.42 Å². The molecular formula is C21H24N4O4. The van der Waals surface area contributed by atoms with Crippen molar-refractivity contribution in [3.05, 3.63) is 34.9 Å². The molecule has 4 fully saturated rings. The van der Waals surface area contributed by atoms with Gasteiger partial charge < -0.3 is 5.32 Å². The minimum Gasteiger partial charge on any atom is -0.309 e. The number of nitrogens with one attached hydrogen (secondary N) is 2. The first-order valence-corrected chi connectivity index (χ1v) is 10.2. The molecular weight excluding hydrogens is 372 g/mol. The second-order valence-electron chi connectivity index (χ2n) is 8.54. The molecule has 5 aliphatic heterocycles. The van der Waals surface area contributed by atoms with Gasteiger partial charge >= 0.3 is 0 Å². The van der Waals surface area contributed by atoms with Crippen LogP contribution in [0.3, 0.4) is 0 Å². The lowest BCUT2D eigenvalue weighted by atomic mass is 9.90. The monoisotopic (exact) mass is 396 g/mol. The number of amides is 2. The van der Waals surface area contributed by atoms with Crippen LogP contribution < -0.4 is 10.6 Å². The lowest BCUT2D eigenvalue weighted by Gasteiger charge is -2.48. The Bertz CT molecular complexity index is 885. The summed E-state index contributed by atoms with van der Waals surface area (Å²) >= 11 is 0. The van der Waals surface area contributed by atoms with Crippen molar-refractivity contribution in [2.75, 3.05) is 13.1 Å². The Hall–Kier alpha value is -2.42. The number of nitrogens with zero attached hydrogens (tertiary/aromatic N) is 2. The molecule has 0 saturated carbocycles. The van der Waals surface area contributed by atoms with Gasteiger partial charge in [-0.3, -0.25) is 34.3 Å². The molecule has 1 aromatic carbocycles. The highest BCUT2D eigenvalue weighted by molar-refractivity contribution is 6.27. The summed E-state index contributed by atoms with van der Waals surface area (Å²) in [6, 6.07) is 5.69. The molecule has 2 N–H and O–H groups in total. The van der Waals surface area contributed by atoms with Crippen molar-refractivity contribution in [2.45, 2.75) is 56.5 Å². The Labute approximate surface area is 168 Å². The molecule has 0 aromatic heterocycles. The summed E-state index contributed by atoms with van der Waals surface area (Å²) in [5.74, 6) is -1.22. The van der Waals surface area contributed by atoms with Gasteiger partial charge in [0.1, 0.15) is 6.04 Å². The van der Waals surface area contributed by atoms with Crippen molar-refractivity contribution in [3.8, 4) is 0 Å². The number of carbonyl (C=O) groups excluding carboxylic acids is 4. The van der Waals surface area contributed by atoms with Crippen LogP contribution in [-0.2, 0) is 32.3 Å². The zero-order valence-corrected chi connectivity index (χ0v) is 16.1. The first-order valence-electron chi connectivity index (χ1n) is 10.2. The summed E-state index contributed by atoms with van der Waals surface area (Å²) in [4.78, 5) is 52.3. The van der Waals surface area contributed by atoms with Gasteiger partial charge in [0.2, 0.25) is 17.6 Å². The van der Waals surface area contributed by atoms with Crippen LogP contribution in [0.1, 0.15) is 42.0 Å². The molecule has 8 heteroatoms. The molecule has 5 aliphatic rings. The van der Waals surface area contributed by atoms with E-state index in [0.29, 0.717) is 31.3 Å². The smallest absolute Gasteiger partial charge is 0.243 e. The third kappa shape index (κ3) is 3.21. The standard InChI is InChI=1S/C21H24N4O4/c26-11-17(27)20-19-12(7-24-9-14-6-15(10-24)22-14)2-1-3-13(19)8-25(20)16-4-5-18(28)23-21(16)29/h1-3,11,14-16,20,22H,4-10H2,(H,23,28,29). The van der Waals surface area contributed by atoms with Gasteiger partial charge in [0, 0.05) is 44.7 Å². The number of aldehydes is 1. The van der Waals surface area contributed by atoms with Crippen LogP contribution in [0.5, 0.6) is 0 Å². The molecule has 29 heavy (non-hydrogen) atoms. The van der Waals surface area contributed by atoms with Crippen LogP contribution in [0.15, 0.2) is 18.2 Å². The number of fused-ring (bicyclic) bond motifs is 3. The van der Waals surface area contributed by atoms with E-state index in [-0.39, 0.29) is 18.2 Å². The van der Waals surface area contributed by atoms with Gasteiger partial charge in [-0.05, 0) is 29.5 Å². The Morgan fingerprint density at radius 1 is 1.21 bits per heavy atom. The molecule has 6 rings (SSSR count). The van der Waals surface area contributed by atoms with Crippen LogP contribution >= 0.6 is 0 Å². The van der Waals surface area contributed by atoms with Gasteiger partial charge in [-0.25, -0.2) is 0 Å². The largest absolute Gasteiger partial charge is 0.309 e. The maximum absolute atomic E-state index is 12.7.